The van der Waals surface area contributed by atoms with Gasteiger partial charge in [0.2, 0.25) is 0 Å². The minimum Gasteiger partial charge on any atom is -0.235 e. The molecular formula is C20H15BrN2S. The number of rotatable bonds is 3. The predicted molar refractivity (Wildman–Crippen MR) is 105 cm³/mol. The molecule has 0 radical (unpaired) electrons. The lowest BCUT2D eigenvalue weighted by Gasteiger charge is -2.02. The number of nitriles is 1. The Labute approximate surface area is 154 Å². The van der Waals surface area contributed by atoms with Gasteiger partial charge in [-0.2, -0.15) is 5.26 Å². The summed E-state index contributed by atoms with van der Waals surface area (Å²) in [6.45, 7) is 4.19. The van der Waals surface area contributed by atoms with Gasteiger partial charge in [-0.1, -0.05) is 40.2 Å². The van der Waals surface area contributed by atoms with Crippen molar-refractivity contribution in [1.82, 2.24) is 4.98 Å². The third-order valence-corrected chi connectivity index (χ3v) is 5.19. The molecule has 0 unspecified atom stereocenters. The van der Waals surface area contributed by atoms with Crippen LogP contribution in [0.4, 0.5) is 0 Å². The Balaban J connectivity index is 1.96. The maximum absolute atomic E-state index is 9.51. The van der Waals surface area contributed by atoms with E-state index in [0.717, 1.165) is 26.3 Å². The summed E-state index contributed by atoms with van der Waals surface area (Å²) in [5.74, 6) is 0. The summed E-state index contributed by atoms with van der Waals surface area (Å²) in [6.07, 6.45) is 1.87. The van der Waals surface area contributed by atoms with Crippen molar-refractivity contribution in [3.8, 4) is 17.3 Å². The van der Waals surface area contributed by atoms with Crippen LogP contribution < -0.4 is 0 Å². The van der Waals surface area contributed by atoms with E-state index < -0.39 is 0 Å². The second-order valence-corrected chi connectivity index (χ2v) is 7.34. The Bertz CT molecular complexity index is 964. The zero-order valence-electron chi connectivity index (χ0n) is 13.4. The highest BCUT2D eigenvalue weighted by Gasteiger charge is 2.10. The minimum atomic E-state index is 0.577. The van der Waals surface area contributed by atoms with Crippen LogP contribution in [-0.2, 0) is 0 Å². The van der Waals surface area contributed by atoms with Gasteiger partial charge in [-0.05, 0) is 54.8 Å². The van der Waals surface area contributed by atoms with Crippen molar-refractivity contribution < 1.29 is 0 Å². The van der Waals surface area contributed by atoms with Crippen molar-refractivity contribution in [2.24, 2.45) is 0 Å². The van der Waals surface area contributed by atoms with Crippen LogP contribution in [0.15, 0.2) is 52.3 Å². The first-order valence-electron chi connectivity index (χ1n) is 7.48. The number of aromatic nitrogens is 1. The number of thiazole rings is 1. The zero-order valence-corrected chi connectivity index (χ0v) is 15.8. The third-order valence-electron chi connectivity index (χ3n) is 3.82. The van der Waals surface area contributed by atoms with Crippen LogP contribution in [0.3, 0.4) is 0 Å². The summed E-state index contributed by atoms with van der Waals surface area (Å²) in [5.41, 5.74) is 6.06. The molecule has 118 valence electrons. The van der Waals surface area contributed by atoms with Crippen LogP contribution in [0.25, 0.3) is 22.9 Å². The number of benzene rings is 2. The van der Waals surface area contributed by atoms with Gasteiger partial charge in [0.1, 0.15) is 11.1 Å². The fourth-order valence-electron chi connectivity index (χ4n) is 2.34. The summed E-state index contributed by atoms with van der Waals surface area (Å²) < 4.78 is 0.989. The van der Waals surface area contributed by atoms with E-state index in [1.54, 1.807) is 0 Å². The van der Waals surface area contributed by atoms with Crippen molar-refractivity contribution in [1.29, 1.82) is 5.26 Å². The molecule has 0 saturated carbocycles. The first kappa shape index (κ1) is 16.6. The summed E-state index contributed by atoms with van der Waals surface area (Å²) in [5, 5.41) is 12.3. The molecule has 0 fully saturated rings. The second kappa shape index (κ2) is 7.12. The lowest BCUT2D eigenvalue weighted by atomic mass is 10.1. The lowest BCUT2D eigenvalue weighted by Crippen LogP contribution is -1.85. The topological polar surface area (TPSA) is 36.7 Å². The van der Waals surface area contributed by atoms with Crippen LogP contribution in [-0.4, -0.2) is 4.98 Å². The van der Waals surface area contributed by atoms with E-state index in [0.29, 0.717) is 5.57 Å². The fourth-order valence-corrected chi connectivity index (χ4v) is 3.55. The molecule has 3 aromatic rings. The quantitative estimate of drug-likeness (QED) is 0.491. The Morgan fingerprint density at radius 2 is 2.00 bits per heavy atom. The van der Waals surface area contributed by atoms with Crippen LogP contribution in [0, 0.1) is 25.2 Å². The molecule has 3 rings (SSSR count). The molecule has 0 amide bonds. The molecule has 0 aliphatic rings. The molecule has 2 nitrogen and oxygen atoms in total. The minimum absolute atomic E-state index is 0.577. The molecule has 0 spiro atoms. The normalized spacial score (nSPS) is 11.3. The predicted octanol–water partition coefficient (Wildman–Crippen LogP) is 6.25. The number of nitrogens with zero attached hydrogens (tertiary/aromatic N) is 2. The molecule has 0 atom stereocenters. The molecule has 0 N–H and O–H groups in total. The van der Waals surface area contributed by atoms with Gasteiger partial charge in [-0.25, -0.2) is 4.98 Å². The van der Waals surface area contributed by atoms with Gasteiger partial charge in [-0.3, -0.25) is 0 Å². The number of halogens is 1. The highest BCUT2D eigenvalue weighted by molar-refractivity contribution is 9.10. The molecule has 1 heterocycles. The van der Waals surface area contributed by atoms with Crippen molar-refractivity contribution in [2.45, 2.75) is 13.8 Å². The smallest absolute Gasteiger partial charge is 0.134 e. The van der Waals surface area contributed by atoms with Crippen LogP contribution in [0.5, 0.6) is 0 Å². The van der Waals surface area contributed by atoms with Gasteiger partial charge >= 0.3 is 0 Å². The summed E-state index contributed by atoms with van der Waals surface area (Å²) in [6, 6.07) is 16.4. The molecule has 4 heteroatoms. The number of hydrogen-bond acceptors (Lipinski definition) is 3. The van der Waals surface area contributed by atoms with E-state index in [1.165, 1.54) is 22.5 Å². The molecule has 0 saturated heterocycles. The van der Waals surface area contributed by atoms with E-state index in [4.69, 9.17) is 0 Å². The summed E-state index contributed by atoms with van der Waals surface area (Å²) >= 11 is 4.95. The van der Waals surface area contributed by atoms with E-state index in [2.05, 4.69) is 59.0 Å². The van der Waals surface area contributed by atoms with Gasteiger partial charge in [0.15, 0.2) is 0 Å². The van der Waals surface area contributed by atoms with Crippen LogP contribution >= 0.6 is 27.3 Å². The van der Waals surface area contributed by atoms with Gasteiger partial charge in [-0.15, -0.1) is 11.3 Å². The molecular weight excluding hydrogens is 380 g/mol. The molecule has 0 aliphatic carbocycles. The summed E-state index contributed by atoms with van der Waals surface area (Å²) in [7, 11) is 0. The van der Waals surface area contributed by atoms with Crippen LogP contribution in [0.1, 0.15) is 21.7 Å². The van der Waals surface area contributed by atoms with Crippen molar-refractivity contribution >= 4 is 38.9 Å². The molecule has 2 aromatic carbocycles. The number of aryl methyl sites for hydroxylation is 2. The van der Waals surface area contributed by atoms with Gasteiger partial charge in [0.05, 0.1) is 11.3 Å². The first-order valence-corrected chi connectivity index (χ1v) is 9.15. The monoisotopic (exact) mass is 394 g/mol. The standard InChI is InChI=1S/C20H15BrN2S/c1-13-6-7-16(8-14(13)2)19-12-24-20(23-19)17(11-22)9-15-4-3-5-18(21)10-15/h3-10,12H,1-2H3/b17-9+. The van der Waals surface area contributed by atoms with Gasteiger partial charge in [0, 0.05) is 15.4 Å². The third kappa shape index (κ3) is 3.64. The maximum atomic E-state index is 9.51. The molecule has 1 aromatic heterocycles. The molecule has 0 bridgehead atoms. The molecule has 24 heavy (non-hydrogen) atoms. The van der Waals surface area contributed by atoms with Crippen LogP contribution in [0.2, 0.25) is 0 Å². The Hall–Kier alpha value is -2.22. The van der Waals surface area contributed by atoms with E-state index >= 15 is 0 Å². The van der Waals surface area contributed by atoms with Gasteiger partial charge < -0.3 is 0 Å². The summed E-state index contributed by atoms with van der Waals surface area (Å²) in [4.78, 5) is 4.66. The fraction of sp³-hybridized carbons (Fsp3) is 0.100. The number of allylic oxidation sites excluding steroid dienone is 1. The average Bonchev–Trinajstić information content (AvgIpc) is 3.05. The van der Waals surface area contributed by atoms with Gasteiger partial charge in [0.25, 0.3) is 0 Å². The Morgan fingerprint density at radius 3 is 2.71 bits per heavy atom. The SMILES string of the molecule is Cc1ccc(-c2csc(/C(C#N)=C/c3cccc(Br)c3)n2)cc1C. The largest absolute Gasteiger partial charge is 0.235 e. The Morgan fingerprint density at radius 1 is 1.17 bits per heavy atom. The van der Waals surface area contributed by atoms with Crippen molar-refractivity contribution in [3.05, 3.63) is 74.0 Å². The number of hydrogen-bond donors (Lipinski definition) is 0. The maximum Gasteiger partial charge on any atom is 0.134 e. The highest BCUT2D eigenvalue weighted by atomic mass is 79.9. The van der Waals surface area contributed by atoms with E-state index in [9.17, 15) is 5.26 Å². The lowest BCUT2D eigenvalue weighted by molar-refractivity contribution is 1.32. The average molecular weight is 395 g/mol. The van der Waals surface area contributed by atoms with Crippen molar-refractivity contribution in [2.75, 3.05) is 0 Å². The Kier molecular flexibility index (Phi) is 4.94. The first-order chi connectivity index (χ1) is 11.6. The van der Waals surface area contributed by atoms with E-state index in [1.807, 2.05) is 35.7 Å². The molecule has 0 aliphatic heterocycles. The van der Waals surface area contributed by atoms with Crippen molar-refractivity contribution in [3.63, 3.8) is 0 Å². The highest BCUT2D eigenvalue weighted by Crippen LogP contribution is 2.28. The second-order valence-electron chi connectivity index (χ2n) is 5.56. The zero-order chi connectivity index (χ0) is 17.1. The van der Waals surface area contributed by atoms with E-state index in [-0.39, 0.29) is 0 Å².